The molecule has 0 aliphatic heterocycles. The number of rotatable bonds is 7. The van der Waals surface area contributed by atoms with Crippen LogP contribution in [0, 0.1) is 5.92 Å². The van der Waals surface area contributed by atoms with Gasteiger partial charge in [0.15, 0.2) is 0 Å². The van der Waals surface area contributed by atoms with E-state index in [9.17, 15) is 0 Å². The van der Waals surface area contributed by atoms with Crippen molar-refractivity contribution in [3.8, 4) is 0 Å². The quantitative estimate of drug-likeness (QED) is 0.575. The first-order valence-corrected chi connectivity index (χ1v) is 4.50. The second kappa shape index (κ2) is 8.02. The van der Waals surface area contributed by atoms with Gasteiger partial charge in [-0.3, -0.25) is 0 Å². The fraction of sp³-hybridized carbons (Fsp3) is 1.00. The second-order valence-electron chi connectivity index (χ2n) is 3.17. The van der Waals surface area contributed by atoms with Gasteiger partial charge in [-0.2, -0.15) is 0 Å². The molecule has 0 aliphatic rings. The van der Waals surface area contributed by atoms with Gasteiger partial charge in [-0.05, 0) is 38.1 Å². The maximum Gasteiger partial charge on any atom is 0.0462 e. The zero-order chi connectivity index (χ0) is 8.53. The number of hydrogen-bond donors (Lipinski definition) is 1. The Morgan fingerprint density at radius 2 is 1.91 bits per heavy atom. The minimum atomic E-state index is 0.814. The van der Waals surface area contributed by atoms with E-state index in [1.54, 1.807) is 7.11 Å². The van der Waals surface area contributed by atoms with Crippen LogP contribution in [0.2, 0.25) is 0 Å². The van der Waals surface area contributed by atoms with Crippen LogP contribution >= 0.6 is 0 Å². The fourth-order valence-corrected chi connectivity index (χ4v) is 1.19. The first-order chi connectivity index (χ1) is 5.31. The monoisotopic (exact) mass is 159 g/mol. The maximum atomic E-state index is 5.41. The van der Waals surface area contributed by atoms with Crippen LogP contribution < -0.4 is 5.73 Å². The predicted octanol–water partition coefficient (Wildman–Crippen LogP) is 1.79. The van der Waals surface area contributed by atoms with Gasteiger partial charge in [0.2, 0.25) is 0 Å². The van der Waals surface area contributed by atoms with Crippen LogP contribution in [-0.2, 0) is 4.74 Å². The summed E-state index contributed by atoms with van der Waals surface area (Å²) in [5.41, 5.74) is 5.41. The Labute approximate surface area is 70.1 Å². The lowest BCUT2D eigenvalue weighted by molar-refractivity contribution is 0.187. The minimum Gasteiger partial charge on any atom is -0.385 e. The molecular formula is C9H21NO. The molecule has 2 nitrogen and oxygen atoms in total. The third-order valence-electron chi connectivity index (χ3n) is 1.95. The molecule has 1 atom stereocenters. The maximum absolute atomic E-state index is 5.41. The first-order valence-electron chi connectivity index (χ1n) is 4.50. The molecular weight excluding hydrogens is 138 g/mol. The normalized spacial score (nSPS) is 13.4. The summed E-state index contributed by atoms with van der Waals surface area (Å²) in [6.07, 6.45) is 4.88. The highest BCUT2D eigenvalue weighted by Crippen LogP contribution is 2.11. The standard InChI is InChI=1S/C9H21NO/c1-9(5-3-7-10)6-4-8-11-2/h9H,3-8,10H2,1-2H3/t9-/m0/s1. The summed E-state index contributed by atoms with van der Waals surface area (Å²) in [4.78, 5) is 0. The van der Waals surface area contributed by atoms with Gasteiger partial charge in [0.1, 0.15) is 0 Å². The molecule has 0 bridgehead atoms. The molecule has 0 spiro atoms. The van der Waals surface area contributed by atoms with Crippen molar-refractivity contribution in [1.82, 2.24) is 0 Å². The summed E-state index contributed by atoms with van der Waals surface area (Å²) in [7, 11) is 1.75. The minimum absolute atomic E-state index is 0.814. The molecule has 68 valence electrons. The Hall–Kier alpha value is -0.0800. The molecule has 2 heteroatoms. The van der Waals surface area contributed by atoms with E-state index >= 15 is 0 Å². The molecule has 0 heterocycles. The highest BCUT2D eigenvalue weighted by molar-refractivity contribution is 4.53. The van der Waals surface area contributed by atoms with Crippen molar-refractivity contribution < 1.29 is 4.74 Å². The average molecular weight is 159 g/mol. The molecule has 0 radical (unpaired) electrons. The molecule has 11 heavy (non-hydrogen) atoms. The molecule has 0 saturated carbocycles. The molecule has 0 fully saturated rings. The predicted molar refractivity (Wildman–Crippen MR) is 48.6 cm³/mol. The average Bonchev–Trinajstić information content (AvgIpc) is 2.01. The molecule has 0 aliphatic carbocycles. The van der Waals surface area contributed by atoms with Gasteiger partial charge in [0.25, 0.3) is 0 Å². The van der Waals surface area contributed by atoms with E-state index in [0.29, 0.717) is 0 Å². The Morgan fingerprint density at radius 3 is 2.45 bits per heavy atom. The Bertz CT molecular complexity index is 76.0. The number of nitrogens with two attached hydrogens (primary N) is 1. The lowest BCUT2D eigenvalue weighted by Crippen LogP contribution is -2.03. The third-order valence-corrected chi connectivity index (χ3v) is 1.95. The van der Waals surface area contributed by atoms with E-state index in [2.05, 4.69) is 6.92 Å². The highest BCUT2D eigenvalue weighted by Gasteiger charge is 1.99. The summed E-state index contributed by atoms with van der Waals surface area (Å²) in [6, 6.07) is 0. The molecule has 0 aromatic carbocycles. The van der Waals surface area contributed by atoms with Gasteiger partial charge in [-0.15, -0.1) is 0 Å². The molecule has 0 aromatic rings. The molecule has 0 rings (SSSR count). The molecule has 0 aromatic heterocycles. The lowest BCUT2D eigenvalue weighted by Gasteiger charge is -2.09. The first kappa shape index (κ1) is 10.9. The van der Waals surface area contributed by atoms with Crippen molar-refractivity contribution in [2.75, 3.05) is 20.3 Å². The van der Waals surface area contributed by atoms with Crippen LogP contribution in [0.4, 0.5) is 0 Å². The van der Waals surface area contributed by atoms with Gasteiger partial charge in [0, 0.05) is 13.7 Å². The summed E-state index contributed by atoms with van der Waals surface area (Å²) >= 11 is 0. The largest absolute Gasteiger partial charge is 0.385 e. The van der Waals surface area contributed by atoms with Crippen LogP contribution in [0.3, 0.4) is 0 Å². The topological polar surface area (TPSA) is 35.2 Å². The van der Waals surface area contributed by atoms with Crippen molar-refractivity contribution in [3.05, 3.63) is 0 Å². The Morgan fingerprint density at radius 1 is 1.27 bits per heavy atom. The van der Waals surface area contributed by atoms with Crippen LogP contribution in [0.15, 0.2) is 0 Å². The van der Waals surface area contributed by atoms with Gasteiger partial charge >= 0.3 is 0 Å². The number of methoxy groups -OCH3 is 1. The third kappa shape index (κ3) is 7.82. The molecule has 0 saturated heterocycles. The number of ether oxygens (including phenoxy) is 1. The van der Waals surface area contributed by atoms with E-state index in [1.807, 2.05) is 0 Å². The molecule has 2 N–H and O–H groups in total. The van der Waals surface area contributed by atoms with Crippen molar-refractivity contribution in [3.63, 3.8) is 0 Å². The van der Waals surface area contributed by atoms with E-state index in [-0.39, 0.29) is 0 Å². The van der Waals surface area contributed by atoms with Gasteiger partial charge in [-0.1, -0.05) is 6.92 Å². The van der Waals surface area contributed by atoms with Crippen LogP contribution in [0.1, 0.15) is 32.6 Å². The van der Waals surface area contributed by atoms with Crippen molar-refractivity contribution in [2.24, 2.45) is 11.7 Å². The summed E-state index contributed by atoms with van der Waals surface area (Å²) in [6.45, 7) is 4.01. The zero-order valence-corrected chi connectivity index (χ0v) is 7.81. The van der Waals surface area contributed by atoms with Crippen LogP contribution in [0.5, 0.6) is 0 Å². The Balaban J connectivity index is 3.02. The Kier molecular flexibility index (Phi) is 7.96. The van der Waals surface area contributed by atoms with Gasteiger partial charge in [-0.25, -0.2) is 0 Å². The summed E-state index contributed by atoms with van der Waals surface area (Å²) in [5, 5.41) is 0. The fourth-order valence-electron chi connectivity index (χ4n) is 1.19. The van der Waals surface area contributed by atoms with Crippen LogP contribution in [-0.4, -0.2) is 20.3 Å². The second-order valence-corrected chi connectivity index (χ2v) is 3.17. The van der Waals surface area contributed by atoms with Crippen molar-refractivity contribution in [1.29, 1.82) is 0 Å². The van der Waals surface area contributed by atoms with E-state index < -0.39 is 0 Å². The van der Waals surface area contributed by atoms with Crippen LogP contribution in [0.25, 0.3) is 0 Å². The number of hydrogen-bond acceptors (Lipinski definition) is 2. The lowest BCUT2D eigenvalue weighted by atomic mass is 10.0. The molecule has 0 amide bonds. The summed E-state index contributed by atoms with van der Waals surface area (Å²) < 4.78 is 4.97. The van der Waals surface area contributed by atoms with Gasteiger partial charge < -0.3 is 10.5 Å². The smallest absolute Gasteiger partial charge is 0.0462 e. The van der Waals surface area contributed by atoms with E-state index in [4.69, 9.17) is 10.5 Å². The SMILES string of the molecule is COCCC[C@@H](C)CCCN. The van der Waals surface area contributed by atoms with E-state index in [1.165, 1.54) is 19.3 Å². The zero-order valence-electron chi connectivity index (χ0n) is 7.81. The van der Waals surface area contributed by atoms with Crippen molar-refractivity contribution >= 4 is 0 Å². The van der Waals surface area contributed by atoms with Gasteiger partial charge in [0.05, 0.1) is 0 Å². The molecule has 0 unspecified atom stereocenters. The van der Waals surface area contributed by atoms with E-state index in [0.717, 1.165) is 25.5 Å². The summed E-state index contributed by atoms with van der Waals surface area (Å²) in [5.74, 6) is 0.814. The highest BCUT2D eigenvalue weighted by atomic mass is 16.5. The van der Waals surface area contributed by atoms with Crippen molar-refractivity contribution in [2.45, 2.75) is 32.6 Å².